The average molecular weight is 438 g/mol. The molecule has 0 aromatic heterocycles. The Morgan fingerprint density at radius 2 is 2.00 bits per heavy atom. The Bertz CT molecular complexity index is 834. The lowest BCUT2D eigenvalue weighted by Gasteiger charge is -2.31. The summed E-state index contributed by atoms with van der Waals surface area (Å²) < 4.78 is 6.63. The molecule has 0 saturated carbocycles. The summed E-state index contributed by atoms with van der Waals surface area (Å²) in [6.45, 7) is 3.51. The highest BCUT2D eigenvalue weighted by Crippen LogP contribution is 2.60. The van der Waals surface area contributed by atoms with E-state index in [0.29, 0.717) is 21.2 Å². The van der Waals surface area contributed by atoms with Gasteiger partial charge in [-0.2, -0.15) is 5.26 Å². The largest absolute Gasteiger partial charge is 0.390 e. The number of amides is 2. The summed E-state index contributed by atoms with van der Waals surface area (Å²) in [6.07, 6.45) is -0.413. The normalized spacial score (nSPS) is 40.1. The minimum atomic E-state index is -1.03. The van der Waals surface area contributed by atoms with Crippen LogP contribution in [0.5, 0.6) is 0 Å². The van der Waals surface area contributed by atoms with Gasteiger partial charge in [-0.05, 0) is 54.6 Å². The molecule has 0 unspecified atom stereocenters. The highest BCUT2D eigenvalue weighted by molar-refractivity contribution is 14.1. The first-order valence-corrected chi connectivity index (χ1v) is 8.76. The smallest absolute Gasteiger partial charge is 0.240 e. The zero-order chi connectivity index (χ0) is 17.4. The zero-order valence-electron chi connectivity index (χ0n) is 13.1. The van der Waals surface area contributed by atoms with E-state index in [-0.39, 0.29) is 11.8 Å². The Morgan fingerprint density at radius 3 is 2.62 bits per heavy atom. The molecule has 3 aliphatic heterocycles. The fraction of sp³-hybridized carbons (Fsp3) is 0.471. The Kier molecular flexibility index (Phi) is 3.18. The molecular formula is C17H15IN2O4. The fourth-order valence-corrected chi connectivity index (χ4v) is 5.13. The lowest BCUT2D eigenvalue weighted by Crippen LogP contribution is -2.49. The van der Waals surface area contributed by atoms with Crippen molar-refractivity contribution in [1.29, 1.82) is 5.26 Å². The van der Waals surface area contributed by atoms with Crippen molar-refractivity contribution in [2.45, 2.75) is 37.6 Å². The van der Waals surface area contributed by atoms with Crippen LogP contribution in [0, 0.1) is 26.7 Å². The minimum Gasteiger partial charge on any atom is -0.390 e. The van der Waals surface area contributed by atoms with Gasteiger partial charge in [-0.1, -0.05) is 0 Å². The number of ether oxygens (including phenoxy) is 1. The molecule has 1 N–H and O–H groups in total. The summed E-state index contributed by atoms with van der Waals surface area (Å²) in [5.74, 6) is -1.88. The summed E-state index contributed by atoms with van der Waals surface area (Å²) in [5, 5.41) is 19.4. The summed E-state index contributed by atoms with van der Waals surface area (Å²) >= 11 is 2.01. The Morgan fingerprint density at radius 1 is 1.33 bits per heavy atom. The molecular weight excluding hydrogens is 423 g/mol. The average Bonchev–Trinajstić information content (AvgIpc) is 3.01. The number of rotatable bonds is 1. The number of imide groups is 1. The SMILES string of the molecule is C[C@@]12O[C@](C)(C[C@@H]1O)[C@H]1C(=O)N(c3ccc(C#N)c(I)c3)C(=O)[C@H]12. The number of anilines is 1. The van der Waals surface area contributed by atoms with Crippen LogP contribution < -0.4 is 4.90 Å². The second-order valence-electron chi connectivity index (χ2n) is 7.06. The standard InChI is InChI=1S/C17H15IN2O4/c1-16-6-11(21)17(2,24-16)13-12(16)14(22)20(15(13)23)9-4-3-8(7-19)10(18)5-9/h3-5,11-13,21H,6H2,1-2H3/t11-,12+,13-,16+,17+/m0/s1. The minimum absolute atomic E-state index is 0.288. The van der Waals surface area contributed by atoms with Crippen molar-refractivity contribution < 1.29 is 19.4 Å². The number of hydrogen-bond donors (Lipinski definition) is 1. The maximum Gasteiger partial charge on any atom is 0.240 e. The van der Waals surface area contributed by atoms with Gasteiger partial charge in [0.25, 0.3) is 0 Å². The van der Waals surface area contributed by atoms with Gasteiger partial charge in [0.15, 0.2) is 0 Å². The van der Waals surface area contributed by atoms with E-state index in [1.54, 1.807) is 32.0 Å². The van der Waals surface area contributed by atoms with Crippen molar-refractivity contribution in [2.24, 2.45) is 11.8 Å². The fourth-order valence-electron chi connectivity index (χ4n) is 4.51. The first-order valence-electron chi connectivity index (χ1n) is 7.68. The van der Waals surface area contributed by atoms with Crippen molar-refractivity contribution in [3.8, 4) is 6.07 Å². The molecule has 0 radical (unpaired) electrons. The van der Waals surface area contributed by atoms with Crippen LogP contribution in [0.2, 0.25) is 0 Å². The molecule has 0 spiro atoms. The van der Waals surface area contributed by atoms with Crippen molar-refractivity contribution in [3.63, 3.8) is 0 Å². The maximum absolute atomic E-state index is 13.0. The molecule has 3 fully saturated rings. The van der Waals surface area contributed by atoms with Gasteiger partial charge in [-0.15, -0.1) is 0 Å². The van der Waals surface area contributed by atoms with E-state index < -0.39 is 29.1 Å². The highest BCUT2D eigenvalue weighted by atomic mass is 127. The van der Waals surface area contributed by atoms with E-state index in [1.807, 2.05) is 22.6 Å². The number of nitriles is 1. The molecule has 2 bridgehead atoms. The van der Waals surface area contributed by atoms with Gasteiger partial charge in [0.2, 0.25) is 11.8 Å². The van der Waals surface area contributed by atoms with Crippen LogP contribution in [0.15, 0.2) is 18.2 Å². The maximum atomic E-state index is 13.0. The number of nitrogens with zero attached hydrogens (tertiary/aromatic N) is 2. The molecule has 1 aromatic carbocycles. The van der Waals surface area contributed by atoms with E-state index >= 15 is 0 Å². The molecule has 1 aromatic rings. The molecule has 3 heterocycles. The van der Waals surface area contributed by atoms with Gasteiger partial charge in [0.1, 0.15) is 11.7 Å². The third kappa shape index (κ3) is 1.76. The molecule has 3 saturated heterocycles. The van der Waals surface area contributed by atoms with Crippen LogP contribution in [0.3, 0.4) is 0 Å². The first-order chi connectivity index (χ1) is 11.2. The van der Waals surface area contributed by atoms with E-state index in [1.165, 1.54) is 4.90 Å². The number of carbonyl (C=O) groups is 2. The predicted octanol–water partition coefficient (Wildman–Crippen LogP) is 1.58. The van der Waals surface area contributed by atoms with Crippen LogP contribution >= 0.6 is 22.6 Å². The lowest BCUT2D eigenvalue weighted by atomic mass is 9.67. The second kappa shape index (κ2) is 4.77. The summed E-state index contributed by atoms with van der Waals surface area (Å²) in [7, 11) is 0. The Hall–Kier alpha value is -1.50. The highest BCUT2D eigenvalue weighted by Gasteiger charge is 2.75. The van der Waals surface area contributed by atoms with Crippen molar-refractivity contribution in [3.05, 3.63) is 27.3 Å². The monoisotopic (exact) mass is 438 g/mol. The number of aliphatic hydroxyl groups is 1. The Balaban J connectivity index is 1.79. The molecule has 4 rings (SSSR count). The Labute approximate surface area is 152 Å². The quantitative estimate of drug-likeness (QED) is 0.531. The molecule has 6 nitrogen and oxygen atoms in total. The van der Waals surface area contributed by atoms with Crippen LogP contribution in [0.25, 0.3) is 0 Å². The number of halogens is 1. The van der Waals surface area contributed by atoms with Crippen LogP contribution in [0.1, 0.15) is 25.8 Å². The van der Waals surface area contributed by atoms with Crippen molar-refractivity contribution >= 4 is 40.1 Å². The number of aliphatic hydroxyl groups excluding tert-OH is 1. The summed E-state index contributed by atoms with van der Waals surface area (Å²) in [5.41, 5.74) is -0.888. The zero-order valence-corrected chi connectivity index (χ0v) is 15.3. The summed E-state index contributed by atoms with van der Waals surface area (Å²) in [6, 6.07) is 6.95. The van der Waals surface area contributed by atoms with E-state index in [4.69, 9.17) is 10.00 Å². The van der Waals surface area contributed by atoms with Crippen molar-refractivity contribution in [1.82, 2.24) is 0 Å². The molecule has 7 heteroatoms. The lowest BCUT2D eigenvalue weighted by molar-refractivity contribution is -0.132. The van der Waals surface area contributed by atoms with Gasteiger partial charge in [-0.3, -0.25) is 9.59 Å². The van der Waals surface area contributed by atoms with Crippen LogP contribution in [-0.4, -0.2) is 34.2 Å². The topological polar surface area (TPSA) is 90.6 Å². The molecule has 3 aliphatic rings. The first kappa shape index (κ1) is 16.0. The number of hydrogen-bond acceptors (Lipinski definition) is 5. The van der Waals surface area contributed by atoms with E-state index in [2.05, 4.69) is 6.07 Å². The predicted molar refractivity (Wildman–Crippen MR) is 91.9 cm³/mol. The third-order valence-electron chi connectivity index (χ3n) is 5.63. The molecule has 2 amide bonds. The number of benzene rings is 1. The van der Waals surface area contributed by atoms with E-state index in [0.717, 1.165) is 0 Å². The van der Waals surface area contributed by atoms with E-state index in [9.17, 15) is 14.7 Å². The van der Waals surface area contributed by atoms with Crippen LogP contribution in [-0.2, 0) is 14.3 Å². The van der Waals surface area contributed by atoms with Gasteiger partial charge in [0.05, 0.1) is 34.8 Å². The van der Waals surface area contributed by atoms with Gasteiger partial charge in [-0.25, -0.2) is 4.90 Å². The van der Waals surface area contributed by atoms with Gasteiger partial charge >= 0.3 is 0 Å². The molecule has 124 valence electrons. The van der Waals surface area contributed by atoms with Gasteiger partial charge < -0.3 is 9.84 Å². The molecule has 0 aliphatic carbocycles. The number of carbonyl (C=O) groups excluding carboxylic acids is 2. The van der Waals surface area contributed by atoms with Gasteiger partial charge in [0, 0.05) is 9.99 Å². The van der Waals surface area contributed by atoms with Crippen molar-refractivity contribution in [2.75, 3.05) is 4.90 Å². The third-order valence-corrected chi connectivity index (χ3v) is 6.52. The second-order valence-corrected chi connectivity index (χ2v) is 8.22. The van der Waals surface area contributed by atoms with Crippen LogP contribution in [0.4, 0.5) is 5.69 Å². The summed E-state index contributed by atoms with van der Waals surface area (Å²) in [4.78, 5) is 27.2. The molecule has 24 heavy (non-hydrogen) atoms. The molecule has 5 atom stereocenters. The number of fused-ring (bicyclic) bond motifs is 5.